The maximum absolute atomic E-state index is 14.1. The van der Waals surface area contributed by atoms with Crippen LogP contribution >= 0.6 is 0 Å². The summed E-state index contributed by atoms with van der Waals surface area (Å²) in [6, 6.07) is 4.24. The Hall–Kier alpha value is -3.30. The Morgan fingerprint density at radius 2 is 1.76 bits per heavy atom. The van der Waals surface area contributed by atoms with E-state index in [1.807, 2.05) is 0 Å². The second-order valence-corrected chi connectivity index (χ2v) is 6.34. The highest BCUT2D eigenvalue weighted by Crippen LogP contribution is 2.36. The zero-order chi connectivity index (χ0) is 20.9. The monoisotopic (exact) mass is 410 g/mol. The molecule has 0 bridgehead atoms. The van der Waals surface area contributed by atoms with Crippen LogP contribution in [0.2, 0.25) is 0 Å². The molecule has 0 fully saturated rings. The average molecular weight is 410 g/mol. The lowest BCUT2D eigenvalue weighted by atomic mass is 10.1. The van der Waals surface area contributed by atoms with Crippen molar-refractivity contribution < 1.29 is 26.3 Å². The summed E-state index contributed by atoms with van der Waals surface area (Å²) < 4.78 is 81.9. The standard InChI is InChI=1S/C19H12F6N4/c1-10-27-17-15(22)7-11(20)8-16(17)29(10)18-26-5-2-6-28(18)12-3-4-13(14(21)9-12)19(23,24)25/h2-9,18H,1H3. The van der Waals surface area contributed by atoms with Gasteiger partial charge in [0.1, 0.15) is 23.0 Å². The van der Waals surface area contributed by atoms with Crippen molar-refractivity contribution in [2.75, 3.05) is 4.90 Å². The van der Waals surface area contributed by atoms with Crippen molar-refractivity contribution in [1.29, 1.82) is 0 Å². The summed E-state index contributed by atoms with van der Waals surface area (Å²) in [5, 5.41) is 0. The molecular weight excluding hydrogens is 398 g/mol. The molecule has 0 saturated carbocycles. The highest BCUT2D eigenvalue weighted by molar-refractivity contribution is 5.79. The first-order valence-electron chi connectivity index (χ1n) is 8.35. The smallest absolute Gasteiger partial charge is 0.308 e. The van der Waals surface area contributed by atoms with Gasteiger partial charge in [-0.05, 0) is 31.2 Å². The van der Waals surface area contributed by atoms with Gasteiger partial charge in [-0.2, -0.15) is 13.2 Å². The van der Waals surface area contributed by atoms with E-state index in [4.69, 9.17) is 0 Å². The molecule has 1 unspecified atom stereocenters. The molecule has 1 aromatic heterocycles. The number of aliphatic imine (C=N–C) groups is 1. The van der Waals surface area contributed by atoms with E-state index < -0.39 is 35.5 Å². The van der Waals surface area contributed by atoms with Crippen molar-refractivity contribution in [1.82, 2.24) is 9.55 Å². The van der Waals surface area contributed by atoms with Crippen molar-refractivity contribution in [2.24, 2.45) is 4.99 Å². The highest BCUT2D eigenvalue weighted by atomic mass is 19.4. The molecular formula is C19H12F6N4. The summed E-state index contributed by atoms with van der Waals surface area (Å²) >= 11 is 0. The minimum atomic E-state index is -4.83. The maximum Gasteiger partial charge on any atom is 0.419 e. The van der Waals surface area contributed by atoms with Crippen molar-refractivity contribution >= 4 is 22.9 Å². The topological polar surface area (TPSA) is 33.4 Å². The molecule has 3 aromatic rings. The van der Waals surface area contributed by atoms with Gasteiger partial charge in [-0.15, -0.1) is 0 Å². The quantitative estimate of drug-likeness (QED) is 0.535. The van der Waals surface area contributed by atoms with E-state index in [1.165, 1.54) is 28.0 Å². The Kier molecular flexibility index (Phi) is 4.36. The summed E-state index contributed by atoms with van der Waals surface area (Å²) in [7, 11) is 0. The van der Waals surface area contributed by atoms with E-state index >= 15 is 0 Å². The van der Waals surface area contributed by atoms with E-state index in [0.29, 0.717) is 18.0 Å². The number of aryl methyl sites for hydroxylation is 1. The molecule has 4 nitrogen and oxygen atoms in total. The van der Waals surface area contributed by atoms with E-state index in [9.17, 15) is 26.3 Å². The molecule has 1 aliphatic heterocycles. The Bertz CT molecular complexity index is 1160. The first-order chi connectivity index (χ1) is 13.7. The molecule has 1 aliphatic rings. The Balaban J connectivity index is 1.84. The molecule has 0 N–H and O–H groups in total. The van der Waals surface area contributed by atoms with Crippen LogP contribution in [-0.4, -0.2) is 15.8 Å². The van der Waals surface area contributed by atoms with Crippen LogP contribution in [0.1, 0.15) is 17.7 Å². The van der Waals surface area contributed by atoms with Gasteiger partial charge < -0.3 is 4.90 Å². The van der Waals surface area contributed by atoms with E-state index in [-0.39, 0.29) is 16.7 Å². The number of anilines is 1. The largest absolute Gasteiger partial charge is 0.419 e. The van der Waals surface area contributed by atoms with Crippen molar-refractivity contribution in [3.05, 3.63) is 71.4 Å². The second-order valence-electron chi connectivity index (χ2n) is 6.34. The minimum absolute atomic E-state index is 0.0757. The average Bonchev–Trinajstić information content (AvgIpc) is 2.96. The first-order valence-corrected chi connectivity index (χ1v) is 8.35. The molecule has 29 heavy (non-hydrogen) atoms. The molecule has 0 aliphatic carbocycles. The van der Waals surface area contributed by atoms with Gasteiger partial charge in [0.25, 0.3) is 0 Å². The van der Waals surface area contributed by atoms with Gasteiger partial charge >= 0.3 is 6.18 Å². The van der Waals surface area contributed by atoms with Crippen LogP contribution in [0.25, 0.3) is 11.0 Å². The minimum Gasteiger partial charge on any atom is -0.308 e. The normalized spacial score (nSPS) is 16.8. The fourth-order valence-electron chi connectivity index (χ4n) is 3.24. The maximum atomic E-state index is 14.1. The predicted molar refractivity (Wildman–Crippen MR) is 94.9 cm³/mol. The molecule has 4 rings (SSSR count). The van der Waals surface area contributed by atoms with E-state index in [0.717, 1.165) is 18.2 Å². The number of fused-ring (bicyclic) bond motifs is 1. The number of hydrogen-bond donors (Lipinski definition) is 0. The van der Waals surface area contributed by atoms with Gasteiger partial charge in [0.05, 0.1) is 11.1 Å². The van der Waals surface area contributed by atoms with Crippen LogP contribution in [0.15, 0.2) is 47.6 Å². The van der Waals surface area contributed by atoms with Gasteiger partial charge in [-0.1, -0.05) is 0 Å². The van der Waals surface area contributed by atoms with Crippen LogP contribution in [0, 0.1) is 24.4 Å². The fourth-order valence-corrected chi connectivity index (χ4v) is 3.24. The third-order valence-electron chi connectivity index (χ3n) is 4.48. The Labute approximate surface area is 160 Å². The molecule has 150 valence electrons. The van der Waals surface area contributed by atoms with Crippen molar-refractivity contribution in [3.8, 4) is 0 Å². The van der Waals surface area contributed by atoms with Crippen LogP contribution in [0.3, 0.4) is 0 Å². The molecule has 0 spiro atoms. The van der Waals surface area contributed by atoms with Crippen LogP contribution in [0.5, 0.6) is 0 Å². The van der Waals surface area contributed by atoms with E-state index in [2.05, 4.69) is 9.98 Å². The number of nitrogens with zero attached hydrogens (tertiary/aromatic N) is 4. The predicted octanol–water partition coefficient (Wildman–Crippen LogP) is 5.34. The van der Waals surface area contributed by atoms with Gasteiger partial charge in [0.15, 0.2) is 5.82 Å². The lowest BCUT2D eigenvalue weighted by Crippen LogP contribution is -2.29. The Morgan fingerprint density at radius 1 is 1.00 bits per heavy atom. The fraction of sp³-hybridized carbons (Fsp3) is 0.158. The van der Waals surface area contributed by atoms with Gasteiger partial charge in [0.2, 0.25) is 6.29 Å². The lowest BCUT2D eigenvalue weighted by Gasteiger charge is -2.31. The zero-order valence-corrected chi connectivity index (χ0v) is 14.8. The lowest BCUT2D eigenvalue weighted by molar-refractivity contribution is -0.139. The van der Waals surface area contributed by atoms with Crippen LogP contribution in [0.4, 0.5) is 32.0 Å². The molecule has 0 amide bonds. The number of imidazole rings is 1. The molecule has 10 heteroatoms. The number of halogens is 6. The van der Waals surface area contributed by atoms with Crippen LogP contribution in [-0.2, 0) is 6.18 Å². The third-order valence-corrected chi connectivity index (χ3v) is 4.48. The SMILES string of the molecule is Cc1nc2c(F)cc(F)cc2n1C1N=CC=CN1c1ccc(C(F)(F)F)c(F)c1. The molecule has 0 saturated heterocycles. The van der Waals surface area contributed by atoms with Crippen molar-refractivity contribution in [2.45, 2.75) is 19.4 Å². The van der Waals surface area contributed by atoms with Gasteiger partial charge in [0, 0.05) is 30.2 Å². The summed E-state index contributed by atoms with van der Waals surface area (Å²) in [6.07, 6.45) is -1.41. The summed E-state index contributed by atoms with van der Waals surface area (Å²) in [5.74, 6) is -2.83. The number of alkyl halides is 3. The molecule has 2 heterocycles. The zero-order valence-electron chi connectivity index (χ0n) is 14.8. The van der Waals surface area contributed by atoms with Gasteiger partial charge in [-0.25, -0.2) is 23.1 Å². The third kappa shape index (κ3) is 3.24. The number of rotatable bonds is 2. The number of benzene rings is 2. The molecule has 1 atom stereocenters. The molecule has 2 aromatic carbocycles. The number of allylic oxidation sites excluding steroid dienone is 1. The Morgan fingerprint density at radius 3 is 2.45 bits per heavy atom. The first kappa shape index (κ1) is 19.0. The van der Waals surface area contributed by atoms with Crippen LogP contribution < -0.4 is 4.90 Å². The summed E-state index contributed by atoms with van der Waals surface area (Å²) in [5.41, 5.74) is -1.29. The summed E-state index contributed by atoms with van der Waals surface area (Å²) in [4.78, 5) is 9.72. The number of aromatic nitrogens is 2. The second kappa shape index (κ2) is 6.64. The number of hydrogen-bond acceptors (Lipinski definition) is 3. The highest BCUT2D eigenvalue weighted by Gasteiger charge is 2.34. The molecule has 0 radical (unpaired) electrons. The summed E-state index contributed by atoms with van der Waals surface area (Å²) in [6.45, 7) is 1.55. The van der Waals surface area contributed by atoms with E-state index in [1.54, 1.807) is 6.92 Å². The van der Waals surface area contributed by atoms with Crippen molar-refractivity contribution in [3.63, 3.8) is 0 Å². The van der Waals surface area contributed by atoms with Gasteiger partial charge in [-0.3, -0.25) is 4.57 Å².